The van der Waals surface area contributed by atoms with Gasteiger partial charge in [-0.25, -0.2) is 0 Å². The highest BCUT2D eigenvalue weighted by Gasteiger charge is 2.12. The molecular weight excluding hydrogens is 548 g/mol. The standard InChI is InChI=1S/C43H84O2/c1-4-7-10-13-16-19-21-23-24-26-28-30-33-36-39-42(38-35-32-29-27-25-22-20-17-14-11-8-5-2)41-45-43(44)40-37-34-31-18-15-12-9-6-3/h6,42H,3-5,7-41H2,1-2H3. The molecule has 45 heavy (non-hydrogen) atoms. The Morgan fingerprint density at radius 2 is 0.778 bits per heavy atom. The van der Waals surface area contributed by atoms with Crippen LogP contribution < -0.4 is 0 Å². The molecule has 2 heteroatoms. The Hall–Kier alpha value is -0.790. The number of allylic oxidation sites excluding steroid dienone is 1. The molecular formula is C43H84O2. The van der Waals surface area contributed by atoms with Gasteiger partial charge in [-0.15, -0.1) is 6.58 Å². The van der Waals surface area contributed by atoms with E-state index in [-0.39, 0.29) is 5.97 Å². The number of unbranched alkanes of at least 4 members (excludes halogenated alkanes) is 30. The molecule has 0 aliphatic carbocycles. The highest BCUT2D eigenvalue weighted by atomic mass is 16.5. The van der Waals surface area contributed by atoms with Gasteiger partial charge in [-0.2, -0.15) is 0 Å². The summed E-state index contributed by atoms with van der Waals surface area (Å²) in [5.41, 5.74) is 0. The molecule has 0 amide bonds. The molecule has 0 rings (SSSR count). The minimum absolute atomic E-state index is 0.0438. The lowest BCUT2D eigenvalue weighted by atomic mass is 9.94. The number of hydrogen-bond acceptors (Lipinski definition) is 2. The summed E-state index contributed by atoms with van der Waals surface area (Å²) >= 11 is 0. The zero-order chi connectivity index (χ0) is 32.7. The lowest BCUT2D eigenvalue weighted by Gasteiger charge is -2.17. The van der Waals surface area contributed by atoms with Gasteiger partial charge in [-0.3, -0.25) is 4.79 Å². The van der Waals surface area contributed by atoms with E-state index in [0.29, 0.717) is 18.9 Å². The van der Waals surface area contributed by atoms with E-state index in [1.54, 1.807) is 0 Å². The molecule has 0 aromatic heterocycles. The first kappa shape index (κ1) is 44.2. The Morgan fingerprint density at radius 1 is 0.467 bits per heavy atom. The number of carbonyl (C=O) groups excluding carboxylic acids is 1. The van der Waals surface area contributed by atoms with Gasteiger partial charge in [0.2, 0.25) is 0 Å². The van der Waals surface area contributed by atoms with Crippen molar-refractivity contribution in [2.75, 3.05) is 6.61 Å². The SMILES string of the molecule is C=CCCCCCCCCC(=O)OCC(CCCCCCCCCCCCCC)CCCCCCCCCCCCCCCC. The quantitative estimate of drug-likeness (QED) is 0.0383. The summed E-state index contributed by atoms with van der Waals surface area (Å²) < 4.78 is 5.84. The Morgan fingerprint density at radius 3 is 1.13 bits per heavy atom. The first-order valence-electron chi connectivity index (χ1n) is 21.0. The zero-order valence-electron chi connectivity index (χ0n) is 31.3. The molecule has 0 heterocycles. The molecule has 1 unspecified atom stereocenters. The summed E-state index contributed by atoms with van der Waals surface area (Å²) in [5, 5.41) is 0. The van der Waals surface area contributed by atoms with Gasteiger partial charge < -0.3 is 4.74 Å². The van der Waals surface area contributed by atoms with Gasteiger partial charge in [0, 0.05) is 6.42 Å². The second-order valence-corrected chi connectivity index (χ2v) is 14.6. The summed E-state index contributed by atoms with van der Waals surface area (Å²) in [6.07, 6.45) is 50.0. The summed E-state index contributed by atoms with van der Waals surface area (Å²) in [6, 6.07) is 0. The molecule has 0 aromatic rings. The molecule has 0 aliphatic heterocycles. The fourth-order valence-electron chi connectivity index (χ4n) is 6.76. The van der Waals surface area contributed by atoms with Crippen molar-refractivity contribution < 1.29 is 9.53 Å². The van der Waals surface area contributed by atoms with Crippen molar-refractivity contribution in [1.82, 2.24) is 0 Å². The van der Waals surface area contributed by atoms with Crippen LogP contribution in [0.5, 0.6) is 0 Å². The van der Waals surface area contributed by atoms with E-state index in [1.165, 1.54) is 205 Å². The van der Waals surface area contributed by atoms with Crippen molar-refractivity contribution in [3.8, 4) is 0 Å². The Balaban J connectivity index is 4.03. The second kappa shape index (κ2) is 39.4. The summed E-state index contributed by atoms with van der Waals surface area (Å²) in [5.74, 6) is 0.613. The molecule has 0 fully saturated rings. The van der Waals surface area contributed by atoms with Gasteiger partial charge in [0.25, 0.3) is 0 Å². The third-order valence-corrected chi connectivity index (χ3v) is 9.95. The molecule has 0 aromatic carbocycles. The summed E-state index contributed by atoms with van der Waals surface area (Å²) in [6.45, 7) is 9.06. The number of rotatable bonds is 39. The van der Waals surface area contributed by atoms with Crippen molar-refractivity contribution in [1.29, 1.82) is 0 Å². The second-order valence-electron chi connectivity index (χ2n) is 14.6. The monoisotopic (exact) mass is 633 g/mol. The van der Waals surface area contributed by atoms with Gasteiger partial charge in [0.15, 0.2) is 0 Å². The van der Waals surface area contributed by atoms with Crippen LogP contribution in [-0.4, -0.2) is 12.6 Å². The predicted molar refractivity (Wildman–Crippen MR) is 202 cm³/mol. The van der Waals surface area contributed by atoms with Crippen LogP contribution in [0.25, 0.3) is 0 Å². The Labute approximate surface area is 285 Å². The van der Waals surface area contributed by atoms with Gasteiger partial charge >= 0.3 is 5.97 Å². The summed E-state index contributed by atoms with van der Waals surface area (Å²) in [7, 11) is 0. The number of ether oxygens (including phenoxy) is 1. The third-order valence-electron chi connectivity index (χ3n) is 9.95. The van der Waals surface area contributed by atoms with Crippen molar-refractivity contribution in [2.24, 2.45) is 5.92 Å². The topological polar surface area (TPSA) is 26.3 Å². The van der Waals surface area contributed by atoms with Crippen LogP contribution in [0.4, 0.5) is 0 Å². The highest BCUT2D eigenvalue weighted by Crippen LogP contribution is 2.21. The molecule has 0 N–H and O–H groups in total. The highest BCUT2D eigenvalue weighted by molar-refractivity contribution is 5.69. The zero-order valence-corrected chi connectivity index (χ0v) is 31.3. The molecule has 0 radical (unpaired) electrons. The number of carbonyl (C=O) groups is 1. The average molecular weight is 633 g/mol. The minimum atomic E-state index is 0.0438. The lowest BCUT2D eigenvalue weighted by molar-refractivity contribution is -0.145. The predicted octanol–water partition coefficient (Wildman–Crippen LogP) is 15.4. The van der Waals surface area contributed by atoms with E-state index >= 15 is 0 Å². The lowest BCUT2D eigenvalue weighted by Crippen LogP contribution is -2.14. The van der Waals surface area contributed by atoms with Crippen LogP contribution in [0.2, 0.25) is 0 Å². The largest absolute Gasteiger partial charge is 0.465 e. The van der Waals surface area contributed by atoms with E-state index in [9.17, 15) is 4.79 Å². The molecule has 0 saturated carbocycles. The van der Waals surface area contributed by atoms with Gasteiger partial charge in [0.05, 0.1) is 6.61 Å². The van der Waals surface area contributed by atoms with E-state index in [0.717, 1.165) is 19.3 Å². The smallest absolute Gasteiger partial charge is 0.305 e. The van der Waals surface area contributed by atoms with Gasteiger partial charge in [0.1, 0.15) is 0 Å². The average Bonchev–Trinajstić information content (AvgIpc) is 3.05. The molecule has 2 nitrogen and oxygen atoms in total. The van der Waals surface area contributed by atoms with Gasteiger partial charge in [-0.1, -0.05) is 213 Å². The molecule has 1 atom stereocenters. The first-order valence-corrected chi connectivity index (χ1v) is 21.0. The van der Waals surface area contributed by atoms with Crippen LogP contribution >= 0.6 is 0 Å². The van der Waals surface area contributed by atoms with E-state index < -0.39 is 0 Å². The molecule has 0 spiro atoms. The van der Waals surface area contributed by atoms with Crippen LogP contribution in [0.3, 0.4) is 0 Å². The molecule has 0 bridgehead atoms. The van der Waals surface area contributed by atoms with Crippen LogP contribution in [0.1, 0.15) is 245 Å². The fourth-order valence-corrected chi connectivity index (χ4v) is 6.76. The maximum Gasteiger partial charge on any atom is 0.305 e. The fraction of sp³-hybridized carbons (Fsp3) is 0.930. The molecule has 268 valence electrons. The maximum absolute atomic E-state index is 12.5. The normalized spacial score (nSPS) is 12.0. The van der Waals surface area contributed by atoms with Crippen molar-refractivity contribution in [3.63, 3.8) is 0 Å². The number of esters is 1. The van der Waals surface area contributed by atoms with E-state index in [1.807, 2.05) is 6.08 Å². The third kappa shape index (κ3) is 37.5. The number of hydrogen-bond donors (Lipinski definition) is 0. The van der Waals surface area contributed by atoms with Crippen LogP contribution in [-0.2, 0) is 9.53 Å². The minimum Gasteiger partial charge on any atom is -0.465 e. The molecule has 0 aliphatic rings. The van der Waals surface area contributed by atoms with Crippen molar-refractivity contribution in [2.45, 2.75) is 245 Å². The van der Waals surface area contributed by atoms with E-state index in [4.69, 9.17) is 4.74 Å². The maximum atomic E-state index is 12.5. The van der Waals surface area contributed by atoms with Crippen molar-refractivity contribution >= 4 is 5.97 Å². The van der Waals surface area contributed by atoms with Crippen LogP contribution in [0, 0.1) is 5.92 Å². The van der Waals surface area contributed by atoms with Crippen molar-refractivity contribution in [3.05, 3.63) is 12.7 Å². The summed E-state index contributed by atoms with van der Waals surface area (Å²) in [4.78, 5) is 12.5. The van der Waals surface area contributed by atoms with Crippen LogP contribution in [0.15, 0.2) is 12.7 Å². The Bertz CT molecular complexity index is 570. The first-order chi connectivity index (χ1) is 22.2. The van der Waals surface area contributed by atoms with Gasteiger partial charge in [-0.05, 0) is 38.0 Å². The van der Waals surface area contributed by atoms with E-state index in [2.05, 4.69) is 20.4 Å². The molecule has 0 saturated heterocycles. The Kier molecular flexibility index (Phi) is 38.7.